The summed E-state index contributed by atoms with van der Waals surface area (Å²) in [5, 5.41) is 5.01. The van der Waals surface area contributed by atoms with Gasteiger partial charge in [-0.3, -0.25) is 0 Å². The van der Waals surface area contributed by atoms with Crippen LogP contribution in [0.15, 0.2) is 181 Å². The predicted molar refractivity (Wildman–Crippen MR) is 215 cm³/mol. The van der Waals surface area contributed by atoms with E-state index in [-0.39, 0.29) is 0 Å². The first-order valence-electron chi connectivity index (χ1n) is 17.4. The van der Waals surface area contributed by atoms with Crippen molar-refractivity contribution in [2.24, 2.45) is 17.8 Å². The summed E-state index contributed by atoms with van der Waals surface area (Å²) in [5.74, 6) is 0.474. The van der Waals surface area contributed by atoms with Crippen LogP contribution in [-0.2, 0) is 13.5 Å². The first kappa shape index (κ1) is 30.4. The molecule has 0 atom stereocenters. The number of aromatic nitrogens is 2. The van der Waals surface area contributed by atoms with Gasteiger partial charge in [-0.25, -0.2) is 4.99 Å². The van der Waals surface area contributed by atoms with E-state index in [1.54, 1.807) is 0 Å². The summed E-state index contributed by atoms with van der Waals surface area (Å²) in [6, 6.07) is 59.8. The molecule has 0 aliphatic rings. The lowest BCUT2D eigenvalue weighted by Crippen LogP contribution is -2.14. The normalized spacial score (nSPS) is 12.4. The van der Waals surface area contributed by atoms with Crippen LogP contribution >= 0.6 is 0 Å². The van der Waals surface area contributed by atoms with E-state index < -0.39 is 0 Å². The standard InChI is InChI=1S/C47H36N4/c1-50-40-24-11-9-22-37(40)45-43(50)29-30-44-46(45)38-23-10-13-26-42(38)51(44)41-25-12-8-21-36(41)39(28-27-32-15-4-2-5-16-32)49-47(48)35-20-14-19-34(31-35)33-17-6-3-7-18-33/h2-26,28-31H,27H2,1H3,(H2,48,49)/b39-28-. The molecule has 2 heterocycles. The molecule has 9 rings (SSSR count). The number of nitrogens with zero attached hydrogens (tertiary/aromatic N) is 3. The lowest BCUT2D eigenvalue weighted by Gasteiger charge is -2.15. The highest BCUT2D eigenvalue weighted by molar-refractivity contribution is 6.28. The molecule has 0 aliphatic heterocycles. The monoisotopic (exact) mass is 656 g/mol. The molecule has 2 N–H and O–H groups in total. The van der Waals surface area contributed by atoms with Crippen molar-refractivity contribution >= 4 is 55.1 Å². The topological polar surface area (TPSA) is 48.2 Å². The average Bonchev–Trinajstić information content (AvgIpc) is 3.69. The maximum atomic E-state index is 6.92. The number of amidine groups is 1. The number of aliphatic imine (C=N–C) groups is 1. The number of allylic oxidation sites excluding steroid dienone is 1. The molecule has 244 valence electrons. The maximum absolute atomic E-state index is 6.92. The summed E-state index contributed by atoms with van der Waals surface area (Å²) >= 11 is 0. The molecule has 0 aliphatic carbocycles. The van der Waals surface area contributed by atoms with Crippen LogP contribution in [-0.4, -0.2) is 15.0 Å². The zero-order valence-corrected chi connectivity index (χ0v) is 28.4. The van der Waals surface area contributed by atoms with Gasteiger partial charge in [0.2, 0.25) is 0 Å². The Hall–Kier alpha value is -6.65. The minimum atomic E-state index is 0.474. The molecule has 0 amide bonds. The molecule has 7 aromatic carbocycles. The SMILES string of the molecule is Cn1c2ccccc2c2c3c4ccccc4n(-c4ccccc4/C(=C/Cc4ccccc4)N=C(N)c4cccc(-c5ccccc5)c4)c3ccc21. The Balaban J connectivity index is 1.27. The van der Waals surface area contributed by atoms with Crippen molar-refractivity contribution < 1.29 is 0 Å². The van der Waals surface area contributed by atoms with Gasteiger partial charge in [0.25, 0.3) is 0 Å². The highest BCUT2D eigenvalue weighted by atomic mass is 15.0. The second kappa shape index (κ2) is 12.7. The predicted octanol–water partition coefficient (Wildman–Crippen LogP) is 11.1. The molecule has 4 heteroatoms. The van der Waals surface area contributed by atoms with Crippen LogP contribution in [0.1, 0.15) is 16.7 Å². The Morgan fingerprint density at radius 3 is 1.98 bits per heavy atom. The van der Waals surface area contributed by atoms with Gasteiger partial charge in [-0.05, 0) is 59.5 Å². The van der Waals surface area contributed by atoms with Gasteiger partial charge in [-0.15, -0.1) is 0 Å². The third kappa shape index (κ3) is 5.29. The fourth-order valence-electron chi connectivity index (χ4n) is 7.58. The van der Waals surface area contributed by atoms with Crippen molar-refractivity contribution in [3.05, 3.63) is 193 Å². The van der Waals surface area contributed by atoms with E-state index in [4.69, 9.17) is 10.7 Å². The smallest absolute Gasteiger partial charge is 0.131 e. The molecular weight excluding hydrogens is 621 g/mol. The van der Waals surface area contributed by atoms with E-state index >= 15 is 0 Å². The summed E-state index contributed by atoms with van der Waals surface area (Å²) in [7, 11) is 2.16. The van der Waals surface area contributed by atoms with Crippen molar-refractivity contribution in [1.29, 1.82) is 0 Å². The largest absolute Gasteiger partial charge is 0.383 e. The lowest BCUT2D eigenvalue weighted by atomic mass is 10.0. The number of rotatable bonds is 7. The highest BCUT2D eigenvalue weighted by Gasteiger charge is 2.21. The van der Waals surface area contributed by atoms with Gasteiger partial charge in [0.1, 0.15) is 5.84 Å². The molecule has 0 radical (unpaired) electrons. The fourth-order valence-corrected chi connectivity index (χ4v) is 7.58. The highest BCUT2D eigenvalue weighted by Crippen LogP contribution is 2.42. The second-order valence-corrected chi connectivity index (χ2v) is 13.0. The van der Waals surface area contributed by atoms with Gasteiger partial charge in [0.15, 0.2) is 0 Å². The molecule has 0 unspecified atom stereocenters. The molecule has 0 fully saturated rings. The van der Waals surface area contributed by atoms with Crippen LogP contribution in [0.5, 0.6) is 0 Å². The summed E-state index contributed by atoms with van der Waals surface area (Å²) in [5.41, 5.74) is 18.9. The van der Waals surface area contributed by atoms with Gasteiger partial charge < -0.3 is 14.9 Å². The summed E-state index contributed by atoms with van der Waals surface area (Å²) < 4.78 is 4.71. The summed E-state index contributed by atoms with van der Waals surface area (Å²) in [6.45, 7) is 0. The van der Waals surface area contributed by atoms with Crippen molar-refractivity contribution in [2.75, 3.05) is 0 Å². The van der Waals surface area contributed by atoms with Crippen molar-refractivity contribution in [3.63, 3.8) is 0 Å². The second-order valence-electron chi connectivity index (χ2n) is 13.0. The number of nitrogens with two attached hydrogens (primary N) is 1. The van der Waals surface area contributed by atoms with E-state index in [2.05, 4.69) is 174 Å². The number of para-hydroxylation sites is 3. The molecular formula is C47H36N4. The van der Waals surface area contributed by atoms with Crippen LogP contribution in [0.25, 0.3) is 66.1 Å². The molecule has 0 spiro atoms. The Bertz CT molecular complexity index is 2780. The van der Waals surface area contributed by atoms with E-state index in [9.17, 15) is 0 Å². The van der Waals surface area contributed by atoms with Gasteiger partial charge in [-0.2, -0.15) is 0 Å². The summed E-state index contributed by atoms with van der Waals surface area (Å²) in [4.78, 5) is 5.23. The fraction of sp³-hybridized carbons (Fsp3) is 0.0426. The van der Waals surface area contributed by atoms with Gasteiger partial charge in [0.05, 0.1) is 22.4 Å². The molecule has 9 aromatic rings. The lowest BCUT2D eigenvalue weighted by molar-refractivity contribution is 1.01. The number of hydrogen-bond donors (Lipinski definition) is 1. The van der Waals surface area contributed by atoms with Crippen LogP contribution in [0, 0.1) is 0 Å². The minimum Gasteiger partial charge on any atom is -0.383 e. The Morgan fingerprint density at radius 2 is 1.18 bits per heavy atom. The number of aryl methyl sites for hydroxylation is 1. The van der Waals surface area contributed by atoms with Crippen LogP contribution in [0.2, 0.25) is 0 Å². The average molecular weight is 657 g/mol. The first-order valence-corrected chi connectivity index (χ1v) is 17.4. The molecule has 51 heavy (non-hydrogen) atoms. The molecule has 0 saturated carbocycles. The third-order valence-corrected chi connectivity index (χ3v) is 10.0. The quantitative estimate of drug-likeness (QED) is 0.135. The van der Waals surface area contributed by atoms with Gasteiger partial charge >= 0.3 is 0 Å². The van der Waals surface area contributed by atoms with Gasteiger partial charge in [0, 0.05) is 50.8 Å². The van der Waals surface area contributed by atoms with E-state index in [1.807, 2.05) is 18.2 Å². The van der Waals surface area contributed by atoms with E-state index in [1.165, 1.54) is 38.1 Å². The Kier molecular flexibility index (Phi) is 7.55. The molecule has 0 bridgehead atoms. The van der Waals surface area contributed by atoms with Gasteiger partial charge in [-0.1, -0.05) is 140 Å². The maximum Gasteiger partial charge on any atom is 0.131 e. The zero-order chi connectivity index (χ0) is 34.3. The van der Waals surface area contributed by atoms with Crippen LogP contribution in [0.3, 0.4) is 0 Å². The van der Waals surface area contributed by atoms with Crippen molar-refractivity contribution in [2.45, 2.75) is 6.42 Å². The number of hydrogen-bond acceptors (Lipinski definition) is 1. The Morgan fingerprint density at radius 1 is 0.569 bits per heavy atom. The summed E-state index contributed by atoms with van der Waals surface area (Å²) in [6.07, 6.45) is 2.92. The minimum absolute atomic E-state index is 0.474. The number of benzene rings is 7. The number of fused-ring (bicyclic) bond motifs is 7. The third-order valence-electron chi connectivity index (χ3n) is 10.0. The molecule has 4 nitrogen and oxygen atoms in total. The van der Waals surface area contributed by atoms with Crippen molar-refractivity contribution in [1.82, 2.24) is 9.13 Å². The van der Waals surface area contributed by atoms with Crippen LogP contribution in [0.4, 0.5) is 0 Å². The Labute approximate surface area is 297 Å². The molecule has 0 saturated heterocycles. The zero-order valence-electron chi connectivity index (χ0n) is 28.4. The van der Waals surface area contributed by atoms with Crippen molar-refractivity contribution in [3.8, 4) is 16.8 Å². The van der Waals surface area contributed by atoms with E-state index in [0.29, 0.717) is 5.84 Å². The van der Waals surface area contributed by atoms with E-state index in [0.717, 1.165) is 51.1 Å². The molecule has 2 aromatic heterocycles. The van der Waals surface area contributed by atoms with Crippen LogP contribution < -0.4 is 5.73 Å². The first-order chi connectivity index (χ1) is 25.2.